The van der Waals surface area contributed by atoms with Crippen molar-refractivity contribution in [2.75, 3.05) is 34.4 Å². The van der Waals surface area contributed by atoms with E-state index >= 15 is 0 Å². The van der Waals surface area contributed by atoms with Gasteiger partial charge in [-0.25, -0.2) is 0 Å². The van der Waals surface area contributed by atoms with Crippen LogP contribution in [0, 0.1) is 6.92 Å². The summed E-state index contributed by atoms with van der Waals surface area (Å²) in [5.74, 6) is 2.44. The molecule has 6 nitrogen and oxygen atoms in total. The van der Waals surface area contributed by atoms with E-state index in [-0.39, 0.29) is 24.0 Å². The Hall–Kier alpha value is -2.00. The van der Waals surface area contributed by atoms with Crippen LogP contribution in [-0.4, -0.2) is 40.4 Å². The number of benzene rings is 2. The molecule has 0 aliphatic heterocycles. The molecule has 154 valence electrons. The lowest BCUT2D eigenvalue weighted by atomic mass is 10.1. The maximum atomic E-state index is 5.72. The quantitative estimate of drug-likeness (QED) is 0.239. The number of hydrogen-bond acceptors (Lipinski definition) is 4. The molecule has 0 spiro atoms. The second-order valence-corrected chi connectivity index (χ2v) is 6.03. The van der Waals surface area contributed by atoms with Crippen molar-refractivity contribution in [3.05, 3.63) is 59.2 Å². The summed E-state index contributed by atoms with van der Waals surface area (Å²) in [6.45, 7) is 4.40. The highest BCUT2D eigenvalue weighted by Gasteiger charge is 2.05. The first-order valence-electron chi connectivity index (χ1n) is 8.95. The summed E-state index contributed by atoms with van der Waals surface area (Å²) >= 11 is 0. The Morgan fingerprint density at radius 1 is 0.964 bits per heavy atom. The van der Waals surface area contributed by atoms with Crippen molar-refractivity contribution >= 4 is 29.9 Å². The minimum Gasteiger partial charge on any atom is -0.496 e. The van der Waals surface area contributed by atoms with Gasteiger partial charge in [-0.3, -0.25) is 4.99 Å². The predicted octanol–water partition coefficient (Wildman–Crippen LogP) is 3.51. The molecule has 0 fully saturated rings. The number of hydrogen-bond donors (Lipinski definition) is 2. The number of guanidine groups is 1. The Morgan fingerprint density at radius 3 is 2.43 bits per heavy atom. The van der Waals surface area contributed by atoms with Crippen LogP contribution < -0.4 is 20.1 Å². The lowest BCUT2D eigenvalue weighted by molar-refractivity contribution is 0.123. The van der Waals surface area contributed by atoms with Gasteiger partial charge in [-0.15, -0.1) is 24.0 Å². The maximum Gasteiger partial charge on any atom is 0.191 e. The number of nitrogens with zero attached hydrogens (tertiary/aromatic N) is 1. The predicted molar refractivity (Wildman–Crippen MR) is 124 cm³/mol. The fraction of sp³-hybridized carbons (Fsp3) is 0.381. The minimum absolute atomic E-state index is 0. The third-order valence-corrected chi connectivity index (χ3v) is 4.10. The molecular formula is C21H30IN3O3. The van der Waals surface area contributed by atoms with E-state index in [1.165, 1.54) is 5.56 Å². The van der Waals surface area contributed by atoms with E-state index in [1.54, 1.807) is 21.3 Å². The SMILES string of the molecule is CN=C(NCCOCc1ccccc1OC)NCc1ccc(C)cc1OC.I. The van der Waals surface area contributed by atoms with E-state index in [9.17, 15) is 0 Å². The van der Waals surface area contributed by atoms with Crippen LogP contribution in [0.15, 0.2) is 47.5 Å². The summed E-state index contributed by atoms with van der Waals surface area (Å²) in [4.78, 5) is 4.24. The number of ether oxygens (including phenoxy) is 3. The van der Waals surface area contributed by atoms with Crippen LogP contribution in [0.1, 0.15) is 16.7 Å². The molecule has 2 aromatic rings. The Morgan fingerprint density at radius 2 is 1.71 bits per heavy atom. The van der Waals surface area contributed by atoms with Gasteiger partial charge in [-0.2, -0.15) is 0 Å². The molecule has 2 N–H and O–H groups in total. The van der Waals surface area contributed by atoms with E-state index < -0.39 is 0 Å². The second-order valence-electron chi connectivity index (χ2n) is 6.03. The van der Waals surface area contributed by atoms with E-state index in [0.717, 1.165) is 28.6 Å². The number of nitrogens with one attached hydrogen (secondary N) is 2. The molecule has 0 amide bonds. The number of halogens is 1. The Balaban J connectivity index is 0.00000392. The summed E-state index contributed by atoms with van der Waals surface area (Å²) in [5, 5.41) is 6.54. The van der Waals surface area contributed by atoms with Crippen LogP contribution in [-0.2, 0) is 17.9 Å². The number of aryl methyl sites for hydroxylation is 1. The fourth-order valence-corrected chi connectivity index (χ4v) is 2.64. The summed E-state index contributed by atoms with van der Waals surface area (Å²) in [7, 11) is 5.10. The molecule has 28 heavy (non-hydrogen) atoms. The molecule has 0 aromatic heterocycles. The van der Waals surface area contributed by atoms with Crippen LogP contribution >= 0.6 is 24.0 Å². The Labute approximate surface area is 184 Å². The normalized spacial score (nSPS) is 10.8. The van der Waals surface area contributed by atoms with Gasteiger partial charge in [0, 0.05) is 31.3 Å². The highest BCUT2D eigenvalue weighted by molar-refractivity contribution is 14.0. The van der Waals surface area contributed by atoms with Crippen molar-refractivity contribution in [2.24, 2.45) is 4.99 Å². The molecule has 0 unspecified atom stereocenters. The van der Waals surface area contributed by atoms with Gasteiger partial charge in [0.25, 0.3) is 0 Å². The topological polar surface area (TPSA) is 64.1 Å². The van der Waals surface area contributed by atoms with Crippen LogP contribution in [0.2, 0.25) is 0 Å². The molecular weight excluding hydrogens is 469 g/mol. The van der Waals surface area contributed by atoms with Crippen molar-refractivity contribution in [1.29, 1.82) is 0 Å². The van der Waals surface area contributed by atoms with E-state index in [2.05, 4.69) is 27.8 Å². The number of para-hydroxylation sites is 1. The third-order valence-electron chi connectivity index (χ3n) is 4.10. The van der Waals surface area contributed by atoms with Crippen molar-refractivity contribution < 1.29 is 14.2 Å². The van der Waals surface area contributed by atoms with Crippen LogP contribution in [0.4, 0.5) is 0 Å². The molecule has 0 aliphatic carbocycles. The zero-order valence-electron chi connectivity index (χ0n) is 17.0. The molecule has 0 saturated carbocycles. The number of aliphatic imine (C=N–C) groups is 1. The van der Waals surface area contributed by atoms with Gasteiger partial charge < -0.3 is 24.8 Å². The molecule has 0 aliphatic rings. The monoisotopic (exact) mass is 499 g/mol. The minimum atomic E-state index is 0. The average molecular weight is 499 g/mol. The molecule has 2 rings (SSSR count). The van der Waals surface area contributed by atoms with Crippen LogP contribution in [0.25, 0.3) is 0 Å². The molecule has 0 atom stereocenters. The zero-order valence-corrected chi connectivity index (χ0v) is 19.3. The number of methoxy groups -OCH3 is 2. The summed E-state index contributed by atoms with van der Waals surface area (Å²) < 4.78 is 16.5. The molecule has 2 aromatic carbocycles. The summed E-state index contributed by atoms with van der Waals surface area (Å²) in [5.41, 5.74) is 3.29. The second kappa shape index (κ2) is 13.2. The zero-order chi connectivity index (χ0) is 19.5. The van der Waals surface area contributed by atoms with E-state index in [4.69, 9.17) is 14.2 Å². The van der Waals surface area contributed by atoms with Gasteiger partial charge >= 0.3 is 0 Å². The highest BCUT2D eigenvalue weighted by atomic mass is 127. The van der Waals surface area contributed by atoms with Crippen molar-refractivity contribution in [2.45, 2.75) is 20.1 Å². The highest BCUT2D eigenvalue weighted by Crippen LogP contribution is 2.19. The van der Waals surface area contributed by atoms with Gasteiger partial charge in [-0.1, -0.05) is 30.3 Å². The third kappa shape index (κ3) is 7.55. The van der Waals surface area contributed by atoms with Gasteiger partial charge in [0.2, 0.25) is 0 Å². The molecule has 0 saturated heterocycles. The fourth-order valence-electron chi connectivity index (χ4n) is 2.64. The summed E-state index contributed by atoms with van der Waals surface area (Å²) in [6.07, 6.45) is 0. The molecule has 0 bridgehead atoms. The molecule has 7 heteroatoms. The van der Waals surface area contributed by atoms with E-state index in [1.807, 2.05) is 37.3 Å². The van der Waals surface area contributed by atoms with Crippen molar-refractivity contribution in [3.63, 3.8) is 0 Å². The largest absolute Gasteiger partial charge is 0.496 e. The van der Waals surface area contributed by atoms with Crippen molar-refractivity contribution in [1.82, 2.24) is 10.6 Å². The lowest BCUT2D eigenvalue weighted by Gasteiger charge is -2.14. The first kappa shape index (κ1) is 24.0. The van der Waals surface area contributed by atoms with Gasteiger partial charge in [0.05, 0.1) is 27.4 Å². The maximum absolute atomic E-state index is 5.72. The van der Waals surface area contributed by atoms with Gasteiger partial charge in [0.15, 0.2) is 5.96 Å². The van der Waals surface area contributed by atoms with Gasteiger partial charge in [0.1, 0.15) is 11.5 Å². The first-order chi connectivity index (χ1) is 13.2. The summed E-state index contributed by atoms with van der Waals surface area (Å²) in [6, 6.07) is 14.0. The van der Waals surface area contributed by atoms with Gasteiger partial charge in [-0.05, 0) is 24.6 Å². The molecule has 0 radical (unpaired) electrons. The molecule has 0 heterocycles. The average Bonchev–Trinajstić information content (AvgIpc) is 2.70. The van der Waals surface area contributed by atoms with Crippen LogP contribution in [0.3, 0.4) is 0 Å². The van der Waals surface area contributed by atoms with E-state index in [0.29, 0.717) is 26.3 Å². The lowest BCUT2D eigenvalue weighted by Crippen LogP contribution is -2.38. The number of rotatable bonds is 9. The first-order valence-corrected chi connectivity index (χ1v) is 8.95. The Kier molecular flexibility index (Phi) is 11.4. The van der Waals surface area contributed by atoms with Crippen molar-refractivity contribution in [3.8, 4) is 11.5 Å². The smallest absolute Gasteiger partial charge is 0.191 e. The van der Waals surface area contributed by atoms with Crippen LogP contribution in [0.5, 0.6) is 11.5 Å². The Bertz CT molecular complexity index is 753. The standard InChI is InChI=1S/C21H29N3O3.HI/c1-16-9-10-17(20(13-16)26-4)14-24-21(22-2)23-11-12-27-15-18-7-5-6-8-19(18)25-3;/h5-10,13H,11-12,14-15H2,1-4H3,(H2,22,23,24);1H.